The van der Waals surface area contributed by atoms with E-state index in [0.717, 1.165) is 5.33 Å². The lowest BCUT2D eigenvalue weighted by molar-refractivity contribution is 0.538. The molecular weight excluding hydrogens is 234 g/mol. The van der Waals surface area contributed by atoms with Gasteiger partial charge in [-0.1, -0.05) is 29.8 Å². The fourth-order valence-electron chi connectivity index (χ4n) is 0.178. The molecule has 0 heterocycles. The highest BCUT2D eigenvalue weighted by Gasteiger charge is 2.02. The van der Waals surface area contributed by atoms with Gasteiger partial charge in [0.15, 0.2) is 0 Å². The summed E-state index contributed by atoms with van der Waals surface area (Å²) in [5, 5.41) is 0.907. The SMILES string of the molecule is Br.CC(C)C(N)CBr. The minimum Gasteiger partial charge on any atom is -0.327 e. The van der Waals surface area contributed by atoms with E-state index in [9.17, 15) is 0 Å². The Morgan fingerprint density at radius 2 is 1.88 bits per heavy atom. The minimum absolute atomic E-state index is 0. The van der Waals surface area contributed by atoms with Gasteiger partial charge in [0.25, 0.3) is 0 Å². The molecule has 3 heteroatoms. The van der Waals surface area contributed by atoms with Crippen LogP contribution in [-0.4, -0.2) is 11.4 Å². The molecule has 52 valence electrons. The first-order chi connectivity index (χ1) is 3.18. The number of hydrogen-bond acceptors (Lipinski definition) is 1. The van der Waals surface area contributed by atoms with Crippen molar-refractivity contribution in [3.8, 4) is 0 Å². The average molecular weight is 247 g/mol. The van der Waals surface area contributed by atoms with Crippen LogP contribution in [0.3, 0.4) is 0 Å². The van der Waals surface area contributed by atoms with Crippen LogP contribution in [0.2, 0.25) is 0 Å². The summed E-state index contributed by atoms with van der Waals surface area (Å²) in [6.45, 7) is 4.23. The van der Waals surface area contributed by atoms with E-state index >= 15 is 0 Å². The van der Waals surface area contributed by atoms with Crippen LogP contribution >= 0.6 is 32.9 Å². The summed E-state index contributed by atoms with van der Waals surface area (Å²) in [6.07, 6.45) is 0. The highest BCUT2D eigenvalue weighted by molar-refractivity contribution is 9.09. The van der Waals surface area contributed by atoms with Crippen molar-refractivity contribution in [1.82, 2.24) is 0 Å². The Bertz CT molecular complexity index is 47.7. The van der Waals surface area contributed by atoms with E-state index in [2.05, 4.69) is 29.8 Å². The average Bonchev–Trinajstić information content (AvgIpc) is 1.65. The molecule has 0 aromatic heterocycles. The molecule has 0 bridgehead atoms. The van der Waals surface area contributed by atoms with Crippen molar-refractivity contribution in [3.63, 3.8) is 0 Å². The van der Waals surface area contributed by atoms with Gasteiger partial charge in [0.05, 0.1) is 0 Å². The first-order valence-corrected chi connectivity index (χ1v) is 3.62. The van der Waals surface area contributed by atoms with E-state index in [-0.39, 0.29) is 17.0 Å². The second kappa shape index (κ2) is 6.05. The van der Waals surface area contributed by atoms with E-state index in [1.165, 1.54) is 0 Å². The van der Waals surface area contributed by atoms with Gasteiger partial charge in [-0.3, -0.25) is 0 Å². The predicted octanol–water partition coefficient (Wildman–Crippen LogP) is 1.94. The number of hydrogen-bond donors (Lipinski definition) is 1. The quantitative estimate of drug-likeness (QED) is 0.741. The lowest BCUT2D eigenvalue weighted by atomic mass is 10.1. The molecule has 0 aliphatic carbocycles. The van der Waals surface area contributed by atoms with Gasteiger partial charge in [0.1, 0.15) is 0 Å². The summed E-state index contributed by atoms with van der Waals surface area (Å²) >= 11 is 3.29. The molecule has 0 aromatic carbocycles. The van der Waals surface area contributed by atoms with Crippen molar-refractivity contribution in [2.75, 3.05) is 5.33 Å². The van der Waals surface area contributed by atoms with Crippen molar-refractivity contribution in [3.05, 3.63) is 0 Å². The van der Waals surface area contributed by atoms with Crippen LogP contribution in [0.1, 0.15) is 13.8 Å². The molecule has 0 aliphatic rings. The third-order valence-electron chi connectivity index (χ3n) is 1.03. The number of nitrogens with two attached hydrogens (primary N) is 1. The number of rotatable bonds is 2. The smallest absolute Gasteiger partial charge is 0.0186 e. The number of halogens is 2. The van der Waals surface area contributed by atoms with Crippen LogP contribution in [0.5, 0.6) is 0 Å². The van der Waals surface area contributed by atoms with E-state index < -0.39 is 0 Å². The third-order valence-corrected chi connectivity index (χ3v) is 1.78. The van der Waals surface area contributed by atoms with E-state index in [4.69, 9.17) is 5.73 Å². The molecule has 0 saturated carbocycles. The molecule has 0 aromatic rings. The van der Waals surface area contributed by atoms with E-state index in [1.54, 1.807) is 0 Å². The highest BCUT2D eigenvalue weighted by atomic mass is 79.9. The Morgan fingerprint density at radius 3 is 1.88 bits per heavy atom. The van der Waals surface area contributed by atoms with Crippen molar-refractivity contribution in [2.24, 2.45) is 11.7 Å². The molecule has 0 fully saturated rings. The van der Waals surface area contributed by atoms with E-state index in [1.807, 2.05) is 0 Å². The van der Waals surface area contributed by atoms with E-state index in [0.29, 0.717) is 12.0 Å². The molecule has 1 unspecified atom stereocenters. The molecule has 0 spiro atoms. The maximum absolute atomic E-state index is 5.57. The molecule has 0 aliphatic heterocycles. The van der Waals surface area contributed by atoms with Gasteiger partial charge in [-0.05, 0) is 5.92 Å². The van der Waals surface area contributed by atoms with Crippen LogP contribution in [0.15, 0.2) is 0 Å². The highest BCUT2D eigenvalue weighted by Crippen LogP contribution is 1.99. The van der Waals surface area contributed by atoms with Crippen LogP contribution in [0.4, 0.5) is 0 Å². The molecule has 1 nitrogen and oxygen atoms in total. The van der Waals surface area contributed by atoms with Crippen LogP contribution < -0.4 is 5.73 Å². The molecule has 1 atom stereocenters. The maximum Gasteiger partial charge on any atom is 0.0186 e. The van der Waals surface area contributed by atoms with Gasteiger partial charge in [-0.25, -0.2) is 0 Å². The Balaban J connectivity index is 0. The molecule has 2 N–H and O–H groups in total. The second-order valence-corrected chi connectivity index (χ2v) is 2.71. The minimum atomic E-state index is 0. The number of alkyl halides is 1. The zero-order valence-corrected chi connectivity index (χ0v) is 8.52. The van der Waals surface area contributed by atoms with Gasteiger partial charge in [0.2, 0.25) is 0 Å². The molecule has 0 saturated heterocycles. The van der Waals surface area contributed by atoms with Crippen molar-refractivity contribution in [2.45, 2.75) is 19.9 Å². The van der Waals surface area contributed by atoms with Crippen molar-refractivity contribution in [1.29, 1.82) is 0 Å². The standard InChI is InChI=1S/C5H12BrN.BrH/c1-4(2)5(7)3-6;/h4-5H,3,7H2,1-2H3;1H. The summed E-state index contributed by atoms with van der Waals surface area (Å²) in [5.41, 5.74) is 5.57. The molecule has 0 amide bonds. The van der Waals surface area contributed by atoms with Crippen LogP contribution in [0.25, 0.3) is 0 Å². The zero-order chi connectivity index (χ0) is 5.86. The summed E-state index contributed by atoms with van der Waals surface area (Å²) in [5.74, 6) is 0.597. The Kier molecular flexibility index (Phi) is 8.83. The normalized spacial score (nSPS) is 13.1. The molecule has 0 rings (SSSR count). The molecular formula is C5H13Br2N. The first kappa shape index (κ1) is 11.7. The monoisotopic (exact) mass is 245 g/mol. The Morgan fingerprint density at radius 1 is 1.50 bits per heavy atom. The zero-order valence-electron chi connectivity index (χ0n) is 5.23. The second-order valence-electron chi connectivity index (χ2n) is 2.06. The molecule has 8 heavy (non-hydrogen) atoms. The van der Waals surface area contributed by atoms with Gasteiger partial charge < -0.3 is 5.73 Å². The Hall–Kier alpha value is 0.920. The fraction of sp³-hybridized carbons (Fsp3) is 1.00. The molecule has 0 radical (unpaired) electrons. The van der Waals surface area contributed by atoms with Gasteiger partial charge in [-0.15, -0.1) is 17.0 Å². The largest absolute Gasteiger partial charge is 0.327 e. The van der Waals surface area contributed by atoms with Gasteiger partial charge in [0, 0.05) is 11.4 Å². The van der Waals surface area contributed by atoms with Gasteiger partial charge in [-0.2, -0.15) is 0 Å². The summed E-state index contributed by atoms with van der Waals surface area (Å²) < 4.78 is 0. The van der Waals surface area contributed by atoms with Crippen LogP contribution in [-0.2, 0) is 0 Å². The lowest BCUT2D eigenvalue weighted by Gasteiger charge is -2.09. The predicted molar refractivity (Wildman–Crippen MR) is 46.9 cm³/mol. The topological polar surface area (TPSA) is 26.0 Å². The van der Waals surface area contributed by atoms with Crippen LogP contribution in [0, 0.1) is 5.92 Å². The summed E-state index contributed by atoms with van der Waals surface area (Å²) in [4.78, 5) is 0. The van der Waals surface area contributed by atoms with Gasteiger partial charge >= 0.3 is 0 Å². The van der Waals surface area contributed by atoms with Crippen molar-refractivity contribution < 1.29 is 0 Å². The first-order valence-electron chi connectivity index (χ1n) is 2.50. The Labute approximate surface area is 69.9 Å². The maximum atomic E-state index is 5.57. The third kappa shape index (κ3) is 5.06. The fourth-order valence-corrected chi connectivity index (χ4v) is 0.926. The van der Waals surface area contributed by atoms with Crippen molar-refractivity contribution >= 4 is 32.9 Å². The summed E-state index contributed by atoms with van der Waals surface area (Å²) in [7, 11) is 0. The lowest BCUT2D eigenvalue weighted by Crippen LogP contribution is -2.27. The summed E-state index contributed by atoms with van der Waals surface area (Å²) in [6, 6.07) is 0.319.